The molecule has 15 heteroatoms. The van der Waals surface area contributed by atoms with Crippen LogP contribution in [0, 0.1) is 17.8 Å². The molecule has 3 fully saturated rings. The summed E-state index contributed by atoms with van der Waals surface area (Å²) in [6.45, 7) is 4.93. The Morgan fingerprint density at radius 3 is 2.52 bits per heavy atom. The van der Waals surface area contributed by atoms with Gasteiger partial charge in [-0.2, -0.15) is 8.42 Å². The van der Waals surface area contributed by atoms with Gasteiger partial charge in [0.15, 0.2) is 10.8 Å². The maximum atomic E-state index is 13.1. The van der Waals surface area contributed by atoms with Gasteiger partial charge in [0.05, 0.1) is 12.2 Å². The fourth-order valence-electron chi connectivity index (χ4n) is 6.84. The van der Waals surface area contributed by atoms with E-state index in [0.717, 1.165) is 37.0 Å². The zero-order valence-electron chi connectivity index (χ0n) is 27.1. The highest BCUT2D eigenvalue weighted by Gasteiger charge is 2.42. The topological polar surface area (TPSA) is 169 Å². The third kappa shape index (κ3) is 8.03. The normalized spacial score (nSPS) is 19.0. The van der Waals surface area contributed by atoms with Crippen LogP contribution in [0.4, 0.5) is 10.6 Å². The lowest BCUT2D eigenvalue weighted by molar-refractivity contribution is 0.0933. The molecule has 0 spiro atoms. The lowest BCUT2D eigenvalue weighted by Crippen LogP contribution is -2.46. The Kier molecular flexibility index (Phi) is 9.84. The summed E-state index contributed by atoms with van der Waals surface area (Å²) in [6, 6.07) is 9.00. The molecule has 13 nitrogen and oxygen atoms in total. The number of halogens is 1. The quantitative estimate of drug-likeness (QED) is 0.131. The van der Waals surface area contributed by atoms with Crippen molar-refractivity contribution in [3.8, 4) is 11.7 Å². The molecule has 1 atom stereocenters. The molecule has 3 N–H and O–H groups in total. The van der Waals surface area contributed by atoms with E-state index in [2.05, 4.69) is 20.4 Å². The monoisotopic (exact) mass is 699 g/mol. The summed E-state index contributed by atoms with van der Waals surface area (Å²) in [7, 11) is -4.34. The van der Waals surface area contributed by atoms with E-state index in [9.17, 15) is 23.1 Å². The number of carbonyl (C=O) groups excluding carboxylic acids is 1. The number of hydrogen-bond donors (Lipinski definition) is 3. The Hall–Kier alpha value is -3.91. The Bertz CT molecular complexity index is 1750. The van der Waals surface area contributed by atoms with Gasteiger partial charge in [-0.3, -0.25) is 4.79 Å². The van der Waals surface area contributed by atoms with Crippen LogP contribution in [0.15, 0.2) is 47.6 Å². The van der Waals surface area contributed by atoms with Gasteiger partial charge in [0.2, 0.25) is 5.88 Å². The number of anilines is 1. The summed E-state index contributed by atoms with van der Waals surface area (Å²) in [6.07, 6.45) is 10.1. The minimum absolute atomic E-state index is 0.0679. The summed E-state index contributed by atoms with van der Waals surface area (Å²) in [5, 5.41) is 16.6. The van der Waals surface area contributed by atoms with Crippen LogP contribution < -0.4 is 14.8 Å². The van der Waals surface area contributed by atoms with E-state index in [1.54, 1.807) is 18.3 Å². The summed E-state index contributed by atoms with van der Waals surface area (Å²) in [5.41, 5.74) is -0.522. The van der Waals surface area contributed by atoms with Crippen LogP contribution >= 0.6 is 11.6 Å². The largest absolute Gasteiger partial charge is 0.477 e. The fraction of sp³-hybridized carbons (Fsp3) is 0.545. The highest BCUT2D eigenvalue weighted by atomic mass is 35.5. The molecule has 1 saturated heterocycles. The maximum Gasteiger partial charge on any atom is 0.407 e. The first-order chi connectivity index (χ1) is 22.9. The third-order valence-corrected chi connectivity index (χ3v) is 11.1. The number of nitrogens with zero attached hydrogens (tertiary/aromatic N) is 5. The van der Waals surface area contributed by atoms with Gasteiger partial charge in [0, 0.05) is 30.4 Å². The zero-order valence-corrected chi connectivity index (χ0v) is 28.7. The second kappa shape index (κ2) is 13.9. The van der Waals surface area contributed by atoms with Crippen molar-refractivity contribution in [3.63, 3.8) is 0 Å². The van der Waals surface area contributed by atoms with Crippen LogP contribution in [0.25, 0.3) is 5.82 Å². The van der Waals surface area contributed by atoms with Crippen molar-refractivity contribution in [1.29, 1.82) is 0 Å². The summed E-state index contributed by atoms with van der Waals surface area (Å²) < 4.78 is 35.5. The number of likely N-dealkylation sites (tertiary alicyclic amines) is 1. The number of nitrogens with one attached hydrogen (secondary N) is 2. The molecule has 1 aliphatic heterocycles. The van der Waals surface area contributed by atoms with Crippen LogP contribution in [0.3, 0.4) is 0 Å². The molecule has 2 saturated carbocycles. The molecule has 0 bridgehead atoms. The van der Waals surface area contributed by atoms with E-state index in [1.807, 2.05) is 18.6 Å². The highest BCUT2D eigenvalue weighted by Crippen LogP contribution is 2.50. The minimum Gasteiger partial charge on any atom is -0.477 e. The predicted molar refractivity (Wildman–Crippen MR) is 179 cm³/mol. The van der Waals surface area contributed by atoms with Gasteiger partial charge in [0.1, 0.15) is 11.0 Å². The Balaban J connectivity index is 1.01. The van der Waals surface area contributed by atoms with Crippen molar-refractivity contribution >= 4 is 39.4 Å². The van der Waals surface area contributed by atoms with Crippen molar-refractivity contribution in [3.05, 3.63) is 53.3 Å². The number of rotatable bonds is 15. The molecule has 1 unspecified atom stereocenters. The number of aromatic nitrogens is 4. The summed E-state index contributed by atoms with van der Waals surface area (Å²) in [5.74, 6) is 2.65. The number of ether oxygens (including phenoxy) is 1. The summed E-state index contributed by atoms with van der Waals surface area (Å²) >= 11 is 6.33. The standard InChI is InChI=1S/C33H42ClN7O6S/c1-33(2)17-14-23(41(33)32(43)44)5-4-18-35-26-6-3-7-29(36-26)48(45,46)39-31(42)25-12-13-27(37-30(25)34)40-19-15-28(38-40)47-20-16-24(21-8-9-21)22-10-11-22/h3,6-7,12-13,15,19,21-24H,4-5,8-11,14,16-18,20H2,1-2H3,(H,35,36)(H,39,42)(H,43,44). The van der Waals surface area contributed by atoms with Gasteiger partial charge in [-0.1, -0.05) is 17.7 Å². The molecule has 48 heavy (non-hydrogen) atoms. The minimum atomic E-state index is -4.34. The molecule has 4 heterocycles. The molecule has 0 radical (unpaired) electrons. The van der Waals surface area contributed by atoms with Gasteiger partial charge in [-0.15, -0.1) is 5.10 Å². The highest BCUT2D eigenvalue weighted by molar-refractivity contribution is 7.90. The lowest BCUT2D eigenvalue weighted by Gasteiger charge is -2.33. The average molecular weight is 700 g/mol. The SMILES string of the molecule is CC1(C)CCC(CCCNc2cccc(S(=O)(=O)NC(=O)c3ccc(-n4ccc(OCCC(C5CC5)C5CC5)n4)nc3Cl)n2)N1C(=O)O. The van der Waals surface area contributed by atoms with Crippen molar-refractivity contribution in [1.82, 2.24) is 29.4 Å². The van der Waals surface area contributed by atoms with Crippen LogP contribution in [-0.4, -0.2) is 74.9 Å². The molecule has 3 aromatic heterocycles. The predicted octanol–water partition coefficient (Wildman–Crippen LogP) is 5.75. The molecule has 3 aromatic rings. The van der Waals surface area contributed by atoms with Crippen LogP contribution in [0.5, 0.6) is 5.88 Å². The second-order valence-corrected chi connectivity index (χ2v) is 15.6. The van der Waals surface area contributed by atoms with Crippen molar-refractivity contribution in [2.24, 2.45) is 17.8 Å². The van der Waals surface area contributed by atoms with E-state index in [1.165, 1.54) is 59.5 Å². The molecule has 6 rings (SSSR count). The number of carbonyl (C=O) groups is 2. The van der Waals surface area contributed by atoms with E-state index in [-0.39, 0.29) is 21.8 Å². The number of carboxylic acid groups (broad SMARTS) is 1. The molecule has 0 aromatic carbocycles. The lowest BCUT2D eigenvalue weighted by atomic mass is 9.95. The Labute approximate surface area is 285 Å². The van der Waals surface area contributed by atoms with Gasteiger partial charge >= 0.3 is 6.09 Å². The molecular formula is C33H42ClN7O6S. The van der Waals surface area contributed by atoms with Gasteiger partial charge in [0.25, 0.3) is 15.9 Å². The van der Waals surface area contributed by atoms with Crippen molar-refractivity contribution in [2.45, 2.75) is 88.2 Å². The van der Waals surface area contributed by atoms with Crippen LogP contribution in [0.2, 0.25) is 5.15 Å². The fourth-order valence-corrected chi connectivity index (χ4v) is 8.01. The van der Waals surface area contributed by atoms with Gasteiger partial charge in [-0.05, 0) is 114 Å². The Morgan fingerprint density at radius 1 is 1.08 bits per heavy atom. The van der Waals surface area contributed by atoms with Gasteiger partial charge in [-0.25, -0.2) is 24.2 Å². The van der Waals surface area contributed by atoms with Crippen LogP contribution in [-0.2, 0) is 10.0 Å². The summed E-state index contributed by atoms with van der Waals surface area (Å²) in [4.78, 5) is 34.7. The number of hydrogen-bond acceptors (Lipinski definition) is 9. The molecular weight excluding hydrogens is 658 g/mol. The van der Waals surface area contributed by atoms with Crippen molar-refractivity contribution in [2.75, 3.05) is 18.5 Å². The van der Waals surface area contributed by atoms with E-state index >= 15 is 0 Å². The van der Waals surface area contributed by atoms with Gasteiger partial charge < -0.3 is 20.1 Å². The first-order valence-electron chi connectivity index (χ1n) is 16.6. The molecule has 2 amide bonds. The number of sulfonamides is 1. The number of pyridine rings is 2. The first kappa shape index (κ1) is 34.0. The van der Waals surface area contributed by atoms with Crippen LogP contribution in [0.1, 0.15) is 82.0 Å². The number of amides is 2. The average Bonchev–Trinajstić information content (AvgIpc) is 3.97. The molecule has 3 aliphatic rings. The van der Waals surface area contributed by atoms with E-state index < -0.39 is 27.6 Å². The third-order valence-electron chi connectivity index (χ3n) is 9.59. The van der Waals surface area contributed by atoms with E-state index in [4.69, 9.17) is 16.3 Å². The van der Waals surface area contributed by atoms with Crippen molar-refractivity contribution < 1.29 is 27.9 Å². The van der Waals surface area contributed by atoms with E-state index in [0.29, 0.717) is 43.5 Å². The first-order valence-corrected chi connectivity index (χ1v) is 18.4. The second-order valence-electron chi connectivity index (χ2n) is 13.6. The smallest absolute Gasteiger partial charge is 0.407 e. The molecule has 258 valence electrons. The Morgan fingerprint density at radius 2 is 1.83 bits per heavy atom. The molecule has 2 aliphatic carbocycles. The zero-order chi connectivity index (χ0) is 34.1. The maximum absolute atomic E-state index is 13.1.